The van der Waals surface area contributed by atoms with E-state index in [1.807, 2.05) is 24.3 Å². The van der Waals surface area contributed by atoms with Gasteiger partial charge in [-0.25, -0.2) is 9.97 Å². The molecule has 0 saturated heterocycles. The van der Waals surface area contributed by atoms with Crippen LogP contribution in [0.1, 0.15) is 19.8 Å². The van der Waals surface area contributed by atoms with Gasteiger partial charge < -0.3 is 20.1 Å². The molecule has 0 saturated carbocycles. The predicted octanol–water partition coefficient (Wildman–Crippen LogP) is 3.45. The van der Waals surface area contributed by atoms with Crippen LogP contribution < -0.4 is 20.1 Å². The van der Waals surface area contributed by atoms with E-state index >= 15 is 0 Å². The first-order valence-electron chi connectivity index (χ1n) is 7.31. The van der Waals surface area contributed by atoms with Crippen LogP contribution in [0.5, 0.6) is 11.5 Å². The Kier molecular flexibility index (Phi) is 5.82. The van der Waals surface area contributed by atoms with Crippen molar-refractivity contribution in [3.8, 4) is 11.5 Å². The molecule has 1 heterocycles. The highest BCUT2D eigenvalue weighted by molar-refractivity contribution is 5.67. The lowest BCUT2D eigenvalue weighted by Crippen LogP contribution is -2.04. The van der Waals surface area contributed by atoms with Crippen molar-refractivity contribution in [3.63, 3.8) is 0 Å². The summed E-state index contributed by atoms with van der Waals surface area (Å²) in [4.78, 5) is 8.45. The van der Waals surface area contributed by atoms with Gasteiger partial charge >= 0.3 is 0 Å². The third-order valence-corrected chi connectivity index (χ3v) is 3.17. The van der Waals surface area contributed by atoms with Crippen molar-refractivity contribution in [1.29, 1.82) is 0 Å². The van der Waals surface area contributed by atoms with Gasteiger partial charge in [-0.15, -0.1) is 0 Å². The lowest BCUT2D eigenvalue weighted by molar-refractivity contribution is 0.405. The van der Waals surface area contributed by atoms with Gasteiger partial charge in [-0.2, -0.15) is 0 Å². The zero-order chi connectivity index (χ0) is 15.8. The van der Waals surface area contributed by atoms with E-state index in [-0.39, 0.29) is 0 Å². The number of benzene rings is 1. The number of nitrogens with one attached hydrogen (secondary N) is 2. The summed E-state index contributed by atoms with van der Waals surface area (Å²) in [6.07, 6.45) is 3.78. The number of rotatable bonds is 8. The average molecular weight is 302 g/mol. The van der Waals surface area contributed by atoms with Crippen molar-refractivity contribution in [3.05, 3.63) is 30.6 Å². The van der Waals surface area contributed by atoms with E-state index in [0.717, 1.165) is 42.4 Å². The standard InChI is InChI=1S/C16H22N4O2/c1-4-5-8-17-15-10-16(19-11-18-15)20-13-9-12(21-2)6-7-14(13)22-3/h6-7,9-11H,4-5,8H2,1-3H3,(H2,17,18,19,20). The Morgan fingerprint density at radius 1 is 1.05 bits per heavy atom. The molecular weight excluding hydrogens is 280 g/mol. The minimum absolute atomic E-state index is 0.695. The normalized spacial score (nSPS) is 10.1. The quantitative estimate of drug-likeness (QED) is 0.728. The van der Waals surface area contributed by atoms with E-state index in [2.05, 4.69) is 27.5 Å². The molecule has 2 N–H and O–H groups in total. The van der Waals surface area contributed by atoms with E-state index in [1.54, 1.807) is 14.2 Å². The Bertz CT molecular complexity index is 604. The first-order valence-corrected chi connectivity index (χ1v) is 7.31. The molecule has 2 rings (SSSR count). The second-order valence-electron chi connectivity index (χ2n) is 4.76. The monoisotopic (exact) mass is 302 g/mol. The van der Waals surface area contributed by atoms with Gasteiger partial charge in [0.25, 0.3) is 0 Å². The van der Waals surface area contributed by atoms with E-state index in [0.29, 0.717) is 5.82 Å². The van der Waals surface area contributed by atoms with Crippen molar-refractivity contribution < 1.29 is 9.47 Å². The van der Waals surface area contributed by atoms with Crippen molar-refractivity contribution >= 4 is 17.3 Å². The molecule has 1 aromatic carbocycles. The number of methoxy groups -OCH3 is 2. The summed E-state index contributed by atoms with van der Waals surface area (Å²) in [7, 11) is 3.26. The maximum absolute atomic E-state index is 5.35. The van der Waals surface area contributed by atoms with E-state index in [9.17, 15) is 0 Å². The van der Waals surface area contributed by atoms with E-state index < -0.39 is 0 Å². The topological polar surface area (TPSA) is 68.3 Å². The smallest absolute Gasteiger partial charge is 0.142 e. The molecule has 1 aromatic heterocycles. The number of aromatic nitrogens is 2. The van der Waals surface area contributed by atoms with Crippen LogP contribution in [0.25, 0.3) is 0 Å². The van der Waals surface area contributed by atoms with E-state index in [1.165, 1.54) is 6.33 Å². The Morgan fingerprint density at radius 2 is 1.86 bits per heavy atom. The summed E-state index contributed by atoms with van der Waals surface area (Å²) in [5, 5.41) is 6.51. The summed E-state index contributed by atoms with van der Waals surface area (Å²) < 4.78 is 10.6. The lowest BCUT2D eigenvalue weighted by atomic mass is 10.2. The van der Waals surface area contributed by atoms with Gasteiger partial charge in [0.05, 0.1) is 19.9 Å². The van der Waals surface area contributed by atoms with Crippen LogP contribution in [0, 0.1) is 0 Å². The molecule has 0 aliphatic carbocycles. The van der Waals surface area contributed by atoms with Crippen molar-refractivity contribution in [2.75, 3.05) is 31.4 Å². The van der Waals surface area contributed by atoms with Crippen LogP contribution in [0.15, 0.2) is 30.6 Å². The zero-order valence-corrected chi connectivity index (χ0v) is 13.2. The van der Waals surface area contributed by atoms with Gasteiger partial charge in [0, 0.05) is 18.7 Å². The average Bonchev–Trinajstić information content (AvgIpc) is 2.55. The molecule has 6 heteroatoms. The fraction of sp³-hybridized carbons (Fsp3) is 0.375. The lowest BCUT2D eigenvalue weighted by Gasteiger charge is -2.12. The zero-order valence-electron chi connectivity index (χ0n) is 13.2. The maximum atomic E-state index is 5.35. The summed E-state index contributed by atoms with van der Waals surface area (Å²) >= 11 is 0. The van der Waals surface area contributed by atoms with Crippen molar-refractivity contribution in [2.24, 2.45) is 0 Å². The Labute approximate surface area is 130 Å². The number of nitrogens with zero attached hydrogens (tertiary/aromatic N) is 2. The SMILES string of the molecule is CCCCNc1cc(Nc2cc(OC)ccc2OC)ncn1. The van der Waals surface area contributed by atoms with Crippen molar-refractivity contribution in [2.45, 2.75) is 19.8 Å². The van der Waals surface area contributed by atoms with Crippen LogP contribution in [-0.2, 0) is 0 Å². The highest BCUT2D eigenvalue weighted by Crippen LogP contribution is 2.31. The van der Waals surface area contributed by atoms with Crippen LogP contribution in [0.2, 0.25) is 0 Å². The van der Waals surface area contributed by atoms with Gasteiger partial charge in [0.2, 0.25) is 0 Å². The molecule has 0 radical (unpaired) electrons. The van der Waals surface area contributed by atoms with Crippen molar-refractivity contribution in [1.82, 2.24) is 9.97 Å². The van der Waals surface area contributed by atoms with Gasteiger partial charge in [-0.1, -0.05) is 13.3 Å². The molecule has 6 nitrogen and oxygen atoms in total. The first kappa shape index (κ1) is 15.9. The van der Waals surface area contributed by atoms with Crippen LogP contribution in [-0.4, -0.2) is 30.7 Å². The fourth-order valence-corrected chi connectivity index (χ4v) is 1.97. The second-order valence-corrected chi connectivity index (χ2v) is 4.76. The van der Waals surface area contributed by atoms with Gasteiger partial charge in [-0.05, 0) is 18.6 Å². The highest BCUT2D eigenvalue weighted by Gasteiger charge is 2.07. The number of hydrogen-bond acceptors (Lipinski definition) is 6. The van der Waals surface area contributed by atoms with Crippen LogP contribution in [0.3, 0.4) is 0 Å². The summed E-state index contributed by atoms with van der Waals surface area (Å²) in [5.41, 5.74) is 0.792. The molecule has 0 bridgehead atoms. The van der Waals surface area contributed by atoms with E-state index in [4.69, 9.17) is 9.47 Å². The molecule has 0 unspecified atom stereocenters. The maximum Gasteiger partial charge on any atom is 0.142 e. The molecule has 0 spiro atoms. The highest BCUT2D eigenvalue weighted by atomic mass is 16.5. The molecule has 0 aliphatic heterocycles. The third-order valence-electron chi connectivity index (χ3n) is 3.17. The molecular formula is C16H22N4O2. The summed E-state index contributed by atoms with van der Waals surface area (Å²) in [5.74, 6) is 2.96. The molecule has 0 atom stereocenters. The van der Waals surface area contributed by atoms with Crippen LogP contribution >= 0.6 is 0 Å². The Morgan fingerprint density at radius 3 is 2.59 bits per heavy atom. The summed E-state index contributed by atoms with van der Waals surface area (Å²) in [6.45, 7) is 3.05. The molecule has 2 aromatic rings. The third kappa shape index (κ3) is 4.25. The Balaban J connectivity index is 2.14. The second kappa shape index (κ2) is 8.07. The number of hydrogen-bond donors (Lipinski definition) is 2. The Hall–Kier alpha value is -2.50. The number of ether oxygens (including phenoxy) is 2. The number of anilines is 3. The first-order chi connectivity index (χ1) is 10.8. The minimum Gasteiger partial charge on any atom is -0.497 e. The van der Waals surface area contributed by atoms with Gasteiger partial charge in [-0.3, -0.25) is 0 Å². The molecule has 22 heavy (non-hydrogen) atoms. The predicted molar refractivity (Wildman–Crippen MR) is 88.3 cm³/mol. The summed E-state index contributed by atoms with van der Waals surface area (Å²) in [6, 6.07) is 7.43. The van der Waals surface area contributed by atoms with Crippen LogP contribution in [0.4, 0.5) is 17.3 Å². The number of unbranched alkanes of at least 4 members (excludes halogenated alkanes) is 1. The van der Waals surface area contributed by atoms with Gasteiger partial charge in [0.15, 0.2) is 0 Å². The minimum atomic E-state index is 0.695. The molecule has 0 amide bonds. The fourth-order valence-electron chi connectivity index (χ4n) is 1.97. The molecule has 0 fully saturated rings. The van der Waals surface area contributed by atoms with Gasteiger partial charge in [0.1, 0.15) is 29.5 Å². The molecule has 0 aliphatic rings. The molecule has 118 valence electrons. The largest absolute Gasteiger partial charge is 0.497 e.